The van der Waals surface area contributed by atoms with Crippen molar-refractivity contribution in [3.63, 3.8) is 0 Å². The van der Waals surface area contributed by atoms with E-state index < -0.39 is 4.92 Å². The number of benzene rings is 1. The number of rotatable bonds is 8. The topological polar surface area (TPSA) is 61.6 Å². The molecular weight excluding hydrogens is 234 g/mol. The predicted octanol–water partition coefficient (Wildman–Crippen LogP) is 2.93. The Kier molecular flexibility index (Phi) is 6.32. The van der Waals surface area contributed by atoms with Crippen LogP contribution in [0.1, 0.15) is 25.8 Å². The molecule has 0 fully saturated rings. The molecule has 0 bridgehead atoms. The third-order valence-corrected chi connectivity index (χ3v) is 2.52. The van der Waals surface area contributed by atoms with Gasteiger partial charge in [0.25, 0.3) is 5.69 Å². The molecule has 0 heterocycles. The van der Waals surface area contributed by atoms with Crippen molar-refractivity contribution in [2.24, 2.45) is 0 Å². The summed E-state index contributed by atoms with van der Waals surface area (Å²) in [5.74, 6) is 0. The fraction of sp³-hybridized carbons (Fsp3) is 0.538. The van der Waals surface area contributed by atoms with Crippen LogP contribution in [0, 0.1) is 10.1 Å². The molecule has 0 spiro atoms. The molecule has 0 aliphatic carbocycles. The maximum absolute atomic E-state index is 10.5. The van der Waals surface area contributed by atoms with E-state index in [4.69, 9.17) is 9.47 Å². The Bertz CT molecular complexity index is 358. The van der Waals surface area contributed by atoms with E-state index >= 15 is 0 Å². The first kappa shape index (κ1) is 14.6. The largest absolute Gasteiger partial charge is 0.353 e. The van der Waals surface area contributed by atoms with Crippen LogP contribution >= 0.6 is 0 Å². The third kappa shape index (κ3) is 4.81. The lowest BCUT2D eigenvalue weighted by atomic mass is 10.1. The summed E-state index contributed by atoms with van der Waals surface area (Å²) in [5.41, 5.74) is 1.16. The summed E-state index contributed by atoms with van der Waals surface area (Å²) in [6, 6.07) is 6.58. The van der Waals surface area contributed by atoms with Crippen molar-refractivity contribution in [3.05, 3.63) is 39.9 Å². The van der Waals surface area contributed by atoms with E-state index in [1.54, 1.807) is 12.1 Å². The molecule has 0 saturated heterocycles. The highest BCUT2D eigenvalue weighted by atomic mass is 16.7. The average Bonchev–Trinajstić information content (AvgIpc) is 2.37. The molecule has 100 valence electrons. The molecule has 5 heteroatoms. The summed E-state index contributed by atoms with van der Waals surface area (Å²) in [6.45, 7) is 5.09. The van der Waals surface area contributed by atoms with Gasteiger partial charge in [-0.05, 0) is 25.8 Å². The van der Waals surface area contributed by atoms with Crippen molar-refractivity contribution in [2.75, 3.05) is 13.2 Å². The Hall–Kier alpha value is -1.46. The molecule has 1 rings (SSSR count). The van der Waals surface area contributed by atoms with Gasteiger partial charge >= 0.3 is 0 Å². The van der Waals surface area contributed by atoms with Gasteiger partial charge in [-0.25, -0.2) is 0 Å². The molecule has 0 radical (unpaired) electrons. The summed E-state index contributed by atoms with van der Waals surface area (Å²) in [5, 5.41) is 10.5. The van der Waals surface area contributed by atoms with Crippen LogP contribution in [0.2, 0.25) is 0 Å². The second-order valence-corrected chi connectivity index (χ2v) is 3.80. The van der Waals surface area contributed by atoms with Crippen LogP contribution in [-0.2, 0) is 15.9 Å². The number of nitro benzene ring substituents is 1. The number of nitro groups is 1. The summed E-state index contributed by atoms with van der Waals surface area (Å²) in [7, 11) is 0. The monoisotopic (exact) mass is 253 g/mol. The third-order valence-electron chi connectivity index (χ3n) is 2.52. The minimum Gasteiger partial charge on any atom is -0.353 e. The molecule has 18 heavy (non-hydrogen) atoms. The zero-order chi connectivity index (χ0) is 13.4. The van der Waals surface area contributed by atoms with Crippen LogP contribution in [0.4, 0.5) is 5.69 Å². The Balaban J connectivity index is 2.48. The fourth-order valence-electron chi connectivity index (χ4n) is 1.66. The minimum absolute atomic E-state index is 0.116. The lowest BCUT2D eigenvalue weighted by molar-refractivity contribution is -0.384. The second-order valence-electron chi connectivity index (χ2n) is 3.80. The highest BCUT2D eigenvalue weighted by Crippen LogP contribution is 2.14. The molecular formula is C13H19NO4. The summed E-state index contributed by atoms with van der Waals surface area (Å²) in [4.78, 5) is 10.1. The molecule has 5 nitrogen and oxygen atoms in total. The Morgan fingerprint density at radius 2 is 1.72 bits per heavy atom. The van der Waals surface area contributed by atoms with Crippen molar-refractivity contribution < 1.29 is 14.4 Å². The number of non-ortho nitro benzene ring substituents is 1. The van der Waals surface area contributed by atoms with Gasteiger partial charge in [-0.3, -0.25) is 10.1 Å². The molecule has 0 N–H and O–H groups in total. The van der Waals surface area contributed by atoms with E-state index in [0.717, 1.165) is 18.4 Å². The first-order valence-electron chi connectivity index (χ1n) is 6.13. The van der Waals surface area contributed by atoms with E-state index in [2.05, 4.69) is 0 Å². The number of ether oxygens (including phenoxy) is 2. The van der Waals surface area contributed by atoms with Crippen LogP contribution < -0.4 is 0 Å². The van der Waals surface area contributed by atoms with Crippen LogP contribution in [0.15, 0.2) is 24.3 Å². The summed E-state index contributed by atoms with van der Waals surface area (Å²) in [6.07, 6.45) is 1.33. The van der Waals surface area contributed by atoms with E-state index in [1.807, 2.05) is 13.8 Å². The van der Waals surface area contributed by atoms with E-state index in [1.165, 1.54) is 12.1 Å². The normalized spacial score (nSPS) is 10.8. The maximum Gasteiger partial charge on any atom is 0.269 e. The van der Waals surface area contributed by atoms with Crippen LogP contribution in [0.3, 0.4) is 0 Å². The van der Waals surface area contributed by atoms with E-state index in [9.17, 15) is 10.1 Å². The molecule has 1 aromatic rings. The Morgan fingerprint density at radius 3 is 2.17 bits per heavy atom. The molecule has 0 unspecified atom stereocenters. The van der Waals surface area contributed by atoms with Gasteiger partial charge in [0.1, 0.15) is 0 Å². The molecule has 0 aliphatic heterocycles. The molecule has 0 amide bonds. The standard InChI is InChI=1S/C13H19NO4/c1-3-17-13(18-4-2)10-7-11-5-8-12(9-6-11)14(15)16/h5-6,8-9,13H,3-4,7,10H2,1-2H3. The van der Waals surface area contributed by atoms with Gasteiger partial charge in [0.05, 0.1) is 4.92 Å². The SMILES string of the molecule is CCOC(CCc1ccc([N+](=O)[O-])cc1)OCC. The van der Waals surface area contributed by atoms with Crippen LogP contribution in [0.5, 0.6) is 0 Å². The lowest BCUT2D eigenvalue weighted by Gasteiger charge is -2.16. The number of aryl methyl sites for hydroxylation is 1. The minimum atomic E-state index is -0.396. The highest BCUT2D eigenvalue weighted by Gasteiger charge is 2.09. The van der Waals surface area contributed by atoms with Gasteiger partial charge in [-0.2, -0.15) is 0 Å². The van der Waals surface area contributed by atoms with Gasteiger partial charge in [0.2, 0.25) is 0 Å². The van der Waals surface area contributed by atoms with Crippen LogP contribution in [0.25, 0.3) is 0 Å². The maximum atomic E-state index is 10.5. The van der Waals surface area contributed by atoms with Crippen LogP contribution in [-0.4, -0.2) is 24.4 Å². The highest BCUT2D eigenvalue weighted by molar-refractivity contribution is 5.32. The Labute approximate surface area is 107 Å². The smallest absolute Gasteiger partial charge is 0.269 e. The summed E-state index contributed by atoms with van der Waals surface area (Å²) >= 11 is 0. The predicted molar refractivity (Wildman–Crippen MR) is 68.5 cm³/mol. The number of hydrogen-bond donors (Lipinski definition) is 0. The molecule has 0 aliphatic rings. The average molecular weight is 253 g/mol. The van der Waals surface area contributed by atoms with Crippen molar-refractivity contribution >= 4 is 5.69 Å². The van der Waals surface area contributed by atoms with Gasteiger partial charge in [-0.15, -0.1) is 0 Å². The van der Waals surface area contributed by atoms with Crippen molar-refractivity contribution in [1.82, 2.24) is 0 Å². The van der Waals surface area contributed by atoms with E-state index in [-0.39, 0.29) is 12.0 Å². The van der Waals surface area contributed by atoms with Gasteiger partial charge in [0, 0.05) is 31.8 Å². The lowest BCUT2D eigenvalue weighted by Crippen LogP contribution is -2.18. The zero-order valence-electron chi connectivity index (χ0n) is 10.8. The van der Waals surface area contributed by atoms with Gasteiger partial charge < -0.3 is 9.47 Å². The van der Waals surface area contributed by atoms with Gasteiger partial charge in [-0.1, -0.05) is 12.1 Å². The molecule has 0 atom stereocenters. The molecule has 1 aromatic carbocycles. The second kappa shape index (κ2) is 7.79. The van der Waals surface area contributed by atoms with Crippen molar-refractivity contribution in [3.8, 4) is 0 Å². The summed E-state index contributed by atoms with van der Waals surface area (Å²) < 4.78 is 10.9. The molecule has 0 saturated carbocycles. The number of hydrogen-bond acceptors (Lipinski definition) is 4. The number of nitrogens with zero attached hydrogens (tertiary/aromatic N) is 1. The van der Waals surface area contributed by atoms with Crippen molar-refractivity contribution in [2.45, 2.75) is 33.0 Å². The Morgan fingerprint density at radius 1 is 1.17 bits per heavy atom. The van der Waals surface area contributed by atoms with Gasteiger partial charge in [0.15, 0.2) is 6.29 Å². The fourth-order valence-corrected chi connectivity index (χ4v) is 1.66. The zero-order valence-corrected chi connectivity index (χ0v) is 10.8. The van der Waals surface area contributed by atoms with E-state index in [0.29, 0.717) is 13.2 Å². The first-order valence-corrected chi connectivity index (χ1v) is 6.13. The molecule has 0 aromatic heterocycles. The first-order chi connectivity index (χ1) is 8.67. The van der Waals surface area contributed by atoms with Crippen molar-refractivity contribution in [1.29, 1.82) is 0 Å². The quantitative estimate of drug-likeness (QED) is 0.406.